The molecular weight excluding hydrogens is 402 g/mol. The highest BCUT2D eigenvalue weighted by molar-refractivity contribution is 9.10. The predicted molar refractivity (Wildman–Crippen MR) is 107 cm³/mol. The van der Waals surface area contributed by atoms with Gasteiger partial charge >= 0.3 is 0 Å². The van der Waals surface area contributed by atoms with E-state index in [2.05, 4.69) is 26.2 Å². The van der Waals surface area contributed by atoms with Gasteiger partial charge in [-0.3, -0.25) is 4.79 Å². The molecule has 3 aromatic rings. The van der Waals surface area contributed by atoms with E-state index in [4.69, 9.17) is 4.74 Å². The number of hydrogen-bond acceptors (Lipinski definition) is 5. The van der Waals surface area contributed by atoms with Crippen LogP contribution in [-0.4, -0.2) is 31.6 Å². The molecule has 1 aromatic heterocycles. The average Bonchev–Trinajstić information content (AvgIpc) is 3.01. The van der Waals surface area contributed by atoms with E-state index in [0.29, 0.717) is 0 Å². The van der Waals surface area contributed by atoms with Crippen molar-refractivity contribution in [2.75, 3.05) is 30.9 Å². The van der Waals surface area contributed by atoms with Gasteiger partial charge in [-0.25, -0.2) is 4.98 Å². The molecule has 7 heteroatoms. The maximum Gasteiger partial charge on any atom is 0.243 e. The van der Waals surface area contributed by atoms with Gasteiger partial charge in [-0.1, -0.05) is 33.3 Å². The Labute approximate surface area is 158 Å². The molecule has 25 heavy (non-hydrogen) atoms. The van der Waals surface area contributed by atoms with Crippen LogP contribution < -0.4 is 15.0 Å². The molecule has 0 aliphatic rings. The van der Waals surface area contributed by atoms with Crippen LogP contribution in [0.5, 0.6) is 5.75 Å². The summed E-state index contributed by atoms with van der Waals surface area (Å²) in [6, 6.07) is 11.6. The number of aromatic nitrogens is 1. The lowest BCUT2D eigenvalue weighted by atomic mass is 10.2. The number of para-hydroxylation sites is 1. The van der Waals surface area contributed by atoms with Gasteiger partial charge < -0.3 is 15.0 Å². The molecule has 0 unspecified atom stereocenters. The Morgan fingerprint density at radius 3 is 2.88 bits per heavy atom. The highest BCUT2D eigenvalue weighted by Crippen LogP contribution is 2.33. The Balaban J connectivity index is 1.73. The van der Waals surface area contributed by atoms with Crippen molar-refractivity contribution in [2.45, 2.75) is 6.92 Å². The van der Waals surface area contributed by atoms with Crippen molar-refractivity contribution < 1.29 is 9.53 Å². The number of fused-ring (bicyclic) bond motifs is 1. The van der Waals surface area contributed by atoms with Crippen molar-refractivity contribution in [3.8, 4) is 5.75 Å². The van der Waals surface area contributed by atoms with Gasteiger partial charge in [-0.05, 0) is 42.8 Å². The van der Waals surface area contributed by atoms with Gasteiger partial charge in [-0.15, -0.1) is 0 Å². The molecule has 0 fully saturated rings. The van der Waals surface area contributed by atoms with Gasteiger partial charge in [0.2, 0.25) is 5.91 Å². The van der Waals surface area contributed by atoms with Crippen LogP contribution in [0.1, 0.15) is 5.56 Å². The van der Waals surface area contributed by atoms with E-state index in [1.165, 1.54) is 11.3 Å². The molecule has 0 radical (unpaired) electrons. The molecule has 3 rings (SSSR count). The van der Waals surface area contributed by atoms with E-state index in [1.807, 2.05) is 55.3 Å². The van der Waals surface area contributed by atoms with E-state index in [1.54, 1.807) is 7.11 Å². The largest absolute Gasteiger partial charge is 0.494 e. The first-order chi connectivity index (χ1) is 12.0. The summed E-state index contributed by atoms with van der Waals surface area (Å²) in [7, 11) is 3.49. The second kappa shape index (κ2) is 7.41. The molecule has 5 nitrogen and oxygen atoms in total. The second-order valence-corrected chi connectivity index (χ2v) is 7.59. The third-order valence-corrected chi connectivity index (χ3v) is 5.39. The third kappa shape index (κ3) is 3.93. The average molecular weight is 420 g/mol. The standard InChI is InChI=1S/C18H18BrN3O2S/c1-11-9-12(19)7-8-13(11)20-16(23)10-22(2)18-21-17-14(24-3)5-4-6-15(17)25-18/h4-9H,10H2,1-3H3,(H,20,23). The smallest absolute Gasteiger partial charge is 0.243 e. The number of nitrogens with one attached hydrogen (secondary N) is 1. The molecule has 0 aliphatic carbocycles. The maximum absolute atomic E-state index is 12.4. The zero-order valence-corrected chi connectivity index (χ0v) is 16.6. The van der Waals surface area contributed by atoms with E-state index in [-0.39, 0.29) is 12.5 Å². The lowest BCUT2D eigenvalue weighted by Gasteiger charge is -2.16. The van der Waals surface area contributed by atoms with Crippen molar-refractivity contribution in [3.05, 3.63) is 46.4 Å². The summed E-state index contributed by atoms with van der Waals surface area (Å²) >= 11 is 4.96. The first kappa shape index (κ1) is 17.7. The molecule has 0 spiro atoms. The molecule has 0 aliphatic heterocycles. The number of rotatable bonds is 5. The number of anilines is 2. The first-order valence-electron chi connectivity index (χ1n) is 7.68. The van der Waals surface area contributed by atoms with Gasteiger partial charge in [0, 0.05) is 17.2 Å². The molecular formula is C18H18BrN3O2S. The van der Waals surface area contributed by atoms with Crippen molar-refractivity contribution in [1.29, 1.82) is 0 Å². The number of ether oxygens (including phenoxy) is 1. The van der Waals surface area contributed by atoms with E-state index in [9.17, 15) is 4.79 Å². The lowest BCUT2D eigenvalue weighted by molar-refractivity contribution is -0.114. The fraction of sp³-hybridized carbons (Fsp3) is 0.222. The maximum atomic E-state index is 12.4. The molecule has 0 atom stereocenters. The summed E-state index contributed by atoms with van der Waals surface area (Å²) in [5, 5.41) is 3.72. The van der Waals surface area contributed by atoms with Gasteiger partial charge in [0.25, 0.3) is 0 Å². The highest BCUT2D eigenvalue weighted by Gasteiger charge is 2.14. The number of carbonyl (C=O) groups is 1. The fourth-order valence-electron chi connectivity index (χ4n) is 2.48. The molecule has 2 aromatic carbocycles. The molecule has 1 heterocycles. The molecule has 0 saturated carbocycles. The van der Waals surface area contributed by atoms with Gasteiger partial charge in [-0.2, -0.15) is 0 Å². The number of hydrogen-bond donors (Lipinski definition) is 1. The Kier molecular flexibility index (Phi) is 5.24. The molecule has 1 N–H and O–H groups in total. The number of methoxy groups -OCH3 is 1. The monoisotopic (exact) mass is 419 g/mol. The zero-order valence-electron chi connectivity index (χ0n) is 14.2. The van der Waals surface area contributed by atoms with Crippen LogP contribution >= 0.6 is 27.3 Å². The van der Waals surface area contributed by atoms with Crippen molar-refractivity contribution in [1.82, 2.24) is 4.98 Å². The molecule has 1 amide bonds. The minimum Gasteiger partial charge on any atom is -0.494 e. The normalized spacial score (nSPS) is 10.7. The topological polar surface area (TPSA) is 54.5 Å². The molecule has 0 saturated heterocycles. The highest BCUT2D eigenvalue weighted by atomic mass is 79.9. The summed E-state index contributed by atoms with van der Waals surface area (Å²) in [5.41, 5.74) is 2.64. The van der Waals surface area contributed by atoms with Crippen LogP contribution in [0.15, 0.2) is 40.9 Å². The molecule has 130 valence electrons. The van der Waals surface area contributed by atoms with Crippen LogP contribution in [0, 0.1) is 6.92 Å². The summed E-state index contributed by atoms with van der Waals surface area (Å²) in [5.74, 6) is 0.655. The van der Waals surface area contributed by atoms with Crippen LogP contribution in [-0.2, 0) is 4.79 Å². The summed E-state index contributed by atoms with van der Waals surface area (Å²) < 4.78 is 7.37. The van der Waals surface area contributed by atoms with Crippen LogP contribution in [0.2, 0.25) is 0 Å². The number of amides is 1. The minimum atomic E-state index is -0.0841. The van der Waals surface area contributed by atoms with E-state index < -0.39 is 0 Å². The van der Waals surface area contributed by atoms with Crippen LogP contribution in [0.4, 0.5) is 10.8 Å². The summed E-state index contributed by atoms with van der Waals surface area (Å²) in [6.07, 6.45) is 0. The van der Waals surface area contributed by atoms with Gasteiger partial charge in [0.05, 0.1) is 18.4 Å². The Hall–Kier alpha value is -2.12. The predicted octanol–water partition coefficient (Wildman–Crippen LogP) is 4.45. The van der Waals surface area contributed by atoms with E-state index in [0.717, 1.165) is 36.8 Å². The van der Waals surface area contributed by atoms with Crippen LogP contribution in [0.3, 0.4) is 0 Å². The number of benzene rings is 2. The van der Waals surface area contributed by atoms with Crippen LogP contribution in [0.25, 0.3) is 10.2 Å². The lowest BCUT2D eigenvalue weighted by Crippen LogP contribution is -2.30. The van der Waals surface area contributed by atoms with Crippen molar-refractivity contribution in [2.24, 2.45) is 0 Å². The Morgan fingerprint density at radius 2 is 2.16 bits per heavy atom. The van der Waals surface area contributed by atoms with Crippen molar-refractivity contribution >= 4 is 54.2 Å². The fourth-order valence-corrected chi connectivity index (χ4v) is 3.90. The number of carbonyl (C=O) groups excluding carboxylic acids is 1. The number of likely N-dealkylation sites (N-methyl/N-ethyl adjacent to an activating group) is 1. The Bertz CT molecular complexity index is 926. The number of aryl methyl sites for hydroxylation is 1. The Morgan fingerprint density at radius 1 is 1.36 bits per heavy atom. The summed E-state index contributed by atoms with van der Waals surface area (Å²) in [6.45, 7) is 2.18. The first-order valence-corrected chi connectivity index (χ1v) is 9.29. The zero-order chi connectivity index (χ0) is 18.0. The van der Waals surface area contributed by atoms with E-state index >= 15 is 0 Å². The third-order valence-electron chi connectivity index (χ3n) is 3.76. The van der Waals surface area contributed by atoms with Crippen molar-refractivity contribution in [3.63, 3.8) is 0 Å². The van der Waals surface area contributed by atoms with Gasteiger partial charge in [0.15, 0.2) is 5.13 Å². The number of halogens is 1. The second-order valence-electron chi connectivity index (χ2n) is 5.67. The number of thiazole rings is 1. The molecule has 0 bridgehead atoms. The number of nitrogens with zero attached hydrogens (tertiary/aromatic N) is 2. The summed E-state index contributed by atoms with van der Waals surface area (Å²) in [4.78, 5) is 18.8. The quantitative estimate of drug-likeness (QED) is 0.663. The van der Waals surface area contributed by atoms with Gasteiger partial charge in [0.1, 0.15) is 11.3 Å². The SMILES string of the molecule is COc1cccc2sc(N(C)CC(=O)Nc3ccc(Br)cc3C)nc12. The minimum absolute atomic E-state index is 0.0841.